The van der Waals surface area contributed by atoms with Crippen LogP contribution in [0.2, 0.25) is 0 Å². The smallest absolute Gasteiger partial charge is 0.306 e. The molecule has 0 spiro atoms. The van der Waals surface area contributed by atoms with Crippen molar-refractivity contribution < 1.29 is 14.7 Å². The van der Waals surface area contributed by atoms with Crippen LogP contribution in [0.4, 0.5) is 0 Å². The van der Waals surface area contributed by atoms with E-state index in [1.807, 2.05) is 11.8 Å². The molecule has 1 aliphatic heterocycles. The van der Waals surface area contributed by atoms with Crippen LogP contribution in [-0.2, 0) is 9.59 Å². The average Bonchev–Trinajstić information content (AvgIpc) is 2.98. The molecule has 1 aliphatic carbocycles. The molecule has 3 unspecified atom stereocenters. The van der Waals surface area contributed by atoms with E-state index in [4.69, 9.17) is 0 Å². The number of hydrogen-bond donors (Lipinski definition) is 2. The third kappa shape index (κ3) is 3.72. The Labute approximate surface area is 120 Å². The summed E-state index contributed by atoms with van der Waals surface area (Å²) in [6, 6.07) is -0.204. The van der Waals surface area contributed by atoms with Gasteiger partial charge >= 0.3 is 5.97 Å². The number of carbonyl (C=O) groups is 2. The van der Waals surface area contributed by atoms with Crippen LogP contribution in [0.5, 0.6) is 0 Å². The lowest BCUT2D eigenvalue weighted by molar-refractivity contribution is -0.144. The fourth-order valence-electron chi connectivity index (χ4n) is 3.40. The molecule has 2 rings (SSSR count). The number of nitrogens with one attached hydrogen (secondary N) is 1. The summed E-state index contributed by atoms with van der Waals surface area (Å²) >= 11 is 0. The Balaban J connectivity index is 1.80. The zero-order chi connectivity index (χ0) is 14.5. The molecule has 2 aliphatic rings. The van der Waals surface area contributed by atoms with Gasteiger partial charge in [0.2, 0.25) is 5.91 Å². The molecule has 1 saturated carbocycles. The fraction of sp³-hybridized carbons (Fsp3) is 0.867. The van der Waals surface area contributed by atoms with Crippen LogP contribution in [-0.4, -0.2) is 47.6 Å². The van der Waals surface area contributed by atoms with Gasteiger partial charge in [0.25, 0.3) is 0 Å². The molecule has 2 N–H and O–H groups in total. The summed E-state index contributed by atoms with van der Waals surface area (Å²) in [5.74, 6) is -0.611. The van der Waals surface area contributed by atoms with Crippen molar-refractivity contribution in [2.75, 3.05) is 19.6 Å². The number of likely N-dealkylation sites (tertiary alicyclic amines) is 1. The largest absolute Gasteiger partial charge is 0.481 e. The van der Waals surface area contributed by atoms with E-state index in [0.717, 1.165) is 51.6 Å². The first-order chi connectivity index (χ1) is 9.59. The highest BCUT2D eigenvalue weighted by Gasteiger charge is 2.31. The Morgan fingerprint density at radius 1 is 1.20 bits per heavy atom. The highest BCUT2D eigenvalue weighted by Crippen LogP contribution is 2.29. The van der Waals surface area contributed by atoms with Crippen molar-refractivity contribution in [3.8, 4) is 0 Å². The Hall–Kier alpha value is -1.10. The van der Waals surface area contributed by atoms with E-state index in [1.165, 1.54) is 0 Å². The van der Waals surface area contributed by atoms with Gasteiger partial charge in [-0.3, -0.25) is 9.59 Å². The Morgan fingerprint density at radius 3 is 2.50 bits per heavy atom. The maximum absolute atomic E-state index is 12.2. The van der Waals surface area contributed by atoms with Crippen molar-refractivity contribution in [2.45, 2.75) is 51.5 Å². The molecule has 0 aromatic rings. The van der Waals surface area contributed by atoms with Crippen LogP contribution in [0.15, 0.2) is 0 Å². The van der Waals surface area contributed by atoms with Gasteiger partial charge in [0.1, 0.15) is 0 Å². The molecule has 1 heterocycles. The Bertz CT molecular complexity index is 353. The van der Waals surface area contributed by atoms with Crippen LogP contribution in [0.25, 0.3) is 0 Å². The summed E-state index contributed by atoms with van der Waals surface area (Å²) < 4.78 is 0. The molecule has 0 aromatic heterocycles. The van der Waals surface area contributed by atoms with Gasteiger partial charge in [-0.1, -0.05) is 12.8 Å². The predicted octanol–water partition coefficient (Wildman–Crippen LogP) is 1.48. The standard InChI is InChI=1S/C15H26N2O3/c1-11(14(18)17-8-4-5-9-17)16-10-12-6-2-3-7-13(12)15(19)20/h11-13,16H,2-10H2,1H3,(H,19,20). The van der Waals surface area contributed by atoms with Crippen LogP contribution in [0.3, 0.4) is 0 Å². The lowest BCUT2D eigenvalue weighted by Crippen LogP contribution is -2.46. The summed E-state index contributed by atoms with van der Waals surface area (Å²) in [7, 11) is 0. The predicted molar refractivity (Wildman–Crippen MR) is 76.4 cm³/mol. The third-order valence-electron chi connectivity index (χ3n) is 4.70. The molecule has 20 heavy (non-hydrogen) atoms. The van der Waals surface area contributed by atoms with Crippen LogP contribution in [0.1, 0.15) is 45.4 Å². The topological polar surface area (TPSA) is 69.6 Å². The number of rotatable bonds is 5. The van der Waals surface area contributed by atoms with E-state index < -0.39 is 5.97 Å². The van der Waals surface area contributed by atoms with Gasteiger partial charge in [0, 0.05) is 13.1 Å². The zero-order valence-corrected chi connectivity index (χ0v) is 12.3. The average molecular weight is 282 g/mol. The molecule has 1 saturated heterocycles. The van der Waals surface area contributed by atoms with Crippen molar-refractivity contribution >= 4 is 11.9 Å². The van der Waals surface area contributed by atoms with E-state index >= 15 is 0 Å². The first-order valence-corrected chi connectivity index (χ1v) is 7.84. The highest BCUT2D eigenvalue weighted by molar-refractivity contribution is 5.81. The number of amides is 1. The Kier molecular flexibility index (Phi) is 5.40. The van der Waals surface area contributed by atoms with E-state index in [1.54, 1.807) is 0 Å². The van der Waals surface area contributed by atoms with Gasteiger partial charge in [0.05, 0.1) is 12.0 Å². The SMILES string of the molecule is CC(NCC1CCCCC1C(=O)O)C(=O)N1CCCC1. The first-order valence-electron chi connectivity index (χ1n) is 7.84. The molecule has 5 nitrogen and oxygen atoms in total. The van der Waals surface area contributed by atoms with Gasteiger partial charge in [-0.2, -0.15) is 0 Å². The normalized spacial score (nSPS) is 28.4. The van der Waals surface area contributed by atoms with E-state index in [-0.39, 0.29) is 23.8 Å². The summed E-state index contributed by atoms with van der Waals surface area (Å²) in [5, 5.41) is 12.5. The van der Waals surface area contributed by atoms with E-state index in [0.29, 0.717) is 6.54 Å². The quantitative estimate of drug-likeness (QED) is 0.801. The molecule has 2 fully saturated rings. The number of hydrogen-bond acceptors (Lipinski definition) is 3. The molecular formula is C15H26N2O3. The maximum Gasteiger partial charge on any atom is 0.306 e. The fourth-order valence-corrected chi connectivity index (χ4v) is 3.40. The summed E-state index contributed by atoms with van der Waals surface area (Å²) in [6.07, 6.45) is 6.04. The van der Waals surface area contributed by atoms with Crippen molar-refractivity contribution in [1.29, 1.82) is 0 Å². The Morgan fingerprint density at radius 2 is 1.85 bits per heavy atom. The minimum Gasteiger partial charge on any atom is -0.481 e. The summed E-state index contributed by atoms with van der Waals surface area (Å²) in [4.78, 5) is 25.3. The van der Waals surface area contributed by atoms with E-state index in [2.05, 4.69) is 5.32 Å². The molecule has 0 radical (unpaired) electrons. The van der Waals surface area contributed by atoms with Gasteiger partial charge in [0.15, 0.2) is 0 Å². The second kappa shape index (κ2) is 7.07. The molecule has 3 atom stereocenters. The second-order valence-corrected chi connectivity index (χ2v) is 6.15. The zero-order valence-electron chi connectivity index (χ0n) is 12.3. The summed E-state index contributed by atoms with van der Waals surface area (Å²) in [6.45, 7) is 4.26. The van der Waals surface area contributed by atoms with Crippen LogP contribution >= 0.6 is 0 Å². The van der Waals surface area contributed by atoms with Crippen molar-refractivity contribution in [1.82, 2.24) is 10.2 Å². The number of nitrogens with zero attached hydrogens (tertiary/aromatic N) is 1. The molecule has 0 aromatic carbocycles. The lowest BCUT2D eigenvalue weighted by atomic mass is 9.79. The lowest BCUT2D eigenvalue weighted by Gasteiger charge is -2.30. The number of aliphatic carboxylic acids is 1. The van der Waals surface area contributed by atoms with Gasteiger partial charge in [-0.15, -0.1) is 0 Å². The molecule has 114 valence electrons. The summed E-state index contributed by atoms with van der Waals surface area (Å²) in [5.41, 5.74) is 0. The minimum atomic E-state index is -0.685. The van der Waals surface area contributed by atoms with Gasteiger partial charge < -0.3 is 15.3 Å². The van der Waals surface area contributed by atoms with Crippen molar-refractivity contribution in [3.05, 3.63) is 0 Å². The van der Waals surface area contributed by atoms with E-state index in [9.17, 15) is 14.7 Å². The molecule has 5 heteroatoms. The number of carboxylic acid groups (broad SMARTS) is 1. The molecular weight excluding hydrogens is 256 g/mol. The van der Waals surface area contributed by atoms with Crippen molar-refractivity contribution in [2.24, 2.45) is 11.8 Å². The minimum absolute atomic E-state index is 0.158. The second-order valence-electron chi connectivity index (χ2n) is 6.15. The van der Waals surface area contributed by atoms with Crippen LogP contribution < -0.4 is 5.32 Å². The van der Waals surface area contributed by atoms with Crippen molar-refractivity contribution in [3.63, 3.8) is 0 Å². The highest BCUT2D eigenvalue weighted by atomic mass is 16.4. The molecule has 0 bridgehead atoms. The number of carboxylic acids is 1. The van der Waals surface area contributed by atoms with Gasteiger partial charge in [-0.25, -0.2) is 0 Å². The van der Waals surface area contributed by atoms with Gasteiger partial charge in [-0.05, 0) is 45.1 Å². The monoisotopic (exact) mass is 282 g/mol. The maximum atomic E-state index is 12.2. The third-order valence-corrected chi connectivity index (χ3v) is 4.70. The van der Waals surface area contributed by atoms with Crippen LogP contribution in [0, 0.1) is 11.8 Å². The first kappa shape index (κ1) is 15.3. The molecule has 1 amide bonds. The number of carbonyl (C=O) groups excluding carboxylic acids is 1.